The minimum absolute atomic E-state index is 0. The van der Waals surface area contributed by atoms with Crippen LogP contribution in [0.5, 0.6) is 0 Å². The Morgan fingerprint density at radius 2 is 2.00 bits per heavy atom. The highest BCUT2D eigenvalue weighted by Crippen LogP contribution is 2.20. The molecule has 2 rings (SSSR count). The molecule has 1 amide bonds. The summed E-state index contributed by atoms with van der Waals surface area (Å²) in [6, 6.07) is 7.93. The molecule has 2 N–H and O–H groups in total. The van der Waals surface area contributed by atoms with Crippen molar-refractivity contribution in [2.24, 2.45) is 5.84 Å². The van der Waals surface area contributed by atoms with E-state index in [9.17, 15) is 4.79 Å². The van der Waals surface area contributed by atoms with Gasteiger partial charge in [-0.2, -0.15) is 0 Å². The minimum Gasteiger partial charge on any atom is -0.369 e. The molecular weight excluding hydrogens is 299 g/mol. The van der Waals surface area contributed by atoms with Gasteiger partial charge in [-0.05, 0) is 18.2 Å². The molecule has 0 spiro atoms. The second kappa shape index (κ2) is 8.32. The van der Waals surface area contributed by atoms with Gasteiger partial charge in [-0.1, -0.05) is 17.7 Å². The SMILES string of the molecule is Cl.NN(C=O)CCN1CCN(c2cccc(Cl)c2)CC1. The van der Waals surface area contributed by atoms with Crippen molar-refractivity contribution in [2.75, 3.05) is 44.2 Å². The van der Waals surface area contributed by atoms with Gasteiger partial charge in [0.1, 0.15) is 0 Å². The molecule has 1 saturated heterocycles. The van der Waals surface area contributed by atoms with E-state index in [4.69, 9.17) is 17.4 Å². The van der Waals surface area contributed by atoms with Crippen molar-refractivity contribution in [2.45, 2.75) is 0 Å². The highest BCUT2D eigenvalue weighted by Gasteiger charge is 2.17. The first-order chi connectivity index (χ1) is 9.19. The van der Waals surface area contributed by atoms with E-state index in [1.54, 1.807) is 0 Å². The standard InChI is InChI=1S/C13H19ClN4O.ClH/c14-12-2-1-3-13(10-12)17-7-4-16(5-8-17)6-9-18(15)11-19;/h1-3,10-11H,4-9,15H2;1H. The maximum Gasteiger partial charge on any atom is 0.223 e. The highest BCUT2D eigenvalue weighted by atomic mass is 35.5. The van der Waals surface area contributed by atoms with E-state index in [-0.39, 0.29) is 12.4 Å². The van der Waals surface area contributed by atoms with Crippen LogP contribution in [0, 0.1) is 0 Å². The lowest BCUT2D eigenvalue weighted by Gasteiger charge is -2.36. The Balaban J connectivity index is 0.00000200. The Morgan fingerprint density at radius 1 is 1.30 bits per heavy atom. The maximum absolute atomic E-state index is 10.4. The van der Waals surface area contributed by atoms with Gasteiger partial charge in [-0.15, -0.1) is 12.4 Å². The Kier molecular flexibility index (Phi) is 7.09. The van der Waals surface area contributed by atoms with Gasteiger partial charge in [0.05, 0.1) is 0 Å². The molecule has 1 aromatic carbocycles. The predicted octanol–water partition coefficient (Wildman–Crippen LogP) is 1.22. The van der Waals surface area contributed by atoms with Gasteiger partial charge in [0.25, 0.3) is 0 Å². The number of benzene rings is 1. The molecule has 1 aliphatic rings. The van der Waals surface area contributed by atoms with Crippen molar-refractivity contribution in [3.63, 3.8) is 0 Å². The van der Waals surface area contributed by atoms with Crippen LogP contribution in [0.25, 0.3) is 0 Å². The van der Waals surface area contributed by atoms with Crippen LogP contribution in [0.3, 0.4) is 0 Å². The molecule has 1 heterocycles. The Labute approximate surface area is 130 Å². The van der Waals surface area contributed by atoms with Gasteiger partial charge >= 0.3 is 0 Å². The zero-order chi connectivity index (χ0) is 13.7. The van der Waals surface area contributed by atoms with Gasteiger partial charge in [0.15, 0.2) is 0 Å². The summed E-state index contributed by atoms with van der Waals surface area (Å²) in [5.41, 5.74) is 1.17. The van der Waals surface area contributed by atoms with Crippen molar-refractivity contribution in [1.82, 2.24) is 9.91 Å². The number of amides is 1. The number of nitrogens with zero attached hydrogens (tertiary/aromatic N) is 3. The number of nitrogens with two attached hydrogens (primary N) is 1. The second-order valence-electron chi connectivity index (χ2n) is 4.65. The molecule has 0 aromatic heterocycles. The number of anilines is 1. The minimum atomic E-state index is 0. The molecular formula is C13H20Cl2N4O. The van der Waals surface area contributed by atoms with Crippen LogP contribution >= 0.6 is 24.0 Å². The number of hydrogen-bond donors (Lipinski definition) is 1. The monoisotopic (exact) mass is 318 g/mol. The Bertz CT molecular complexity index is 425. The Morgan fingerprint density at radius 3 is 2.60 bits per heavy atom. The Hall–Kier alpha value is -1.01. The summed E-state index contributed by atoms with van der Waals surface area (Å²) in [5.74, 6) is 5.44. The zero-order valence-electron chi connectivity index (χ0n) is 11.2. The molecule has 0 saturated carbocycles. The van der Waals surface area contributed by atoms with Crippen molar-refractivity contribution >= 4 is 36.1 Å². The third-order valence-corrected chi connectivity index (χ3v) is 3.59. The first-order valence-electron chi connectivity index (χ1n) is 6.38. The molecule has 0 radical (unpaired) electrons. The largest absolute Gasteiger partial charge is 0.369 e. The molecule has 0 aliphatic carbocycles. The van der Waals surface area contributed by atoms with Crippen molar-refractivity contribution in [3.8, 4) is 0 Å². The van der Waals surface area contributed by atoms with Crippen LogP contribution in [0.1, 0.15) is 0 Å². The van der Waals surface area contributed by atoms with Crippen LogP contribution in [-0.2, 0) is 4.79 Å². The topological polar surface area (TPSA) is 52.8 Å². The molecule has 5 nitrogen and oxygen atoms in total. The normalized spacial score (nSPS) is 15.6. The van der Waals surface area contributed by atoms with E-state index in [1.165, 1.54) is 10.7 Å². The summed E-state index contributed by atoms with van der Waals surface area (Å²) in [7, 11) is 0. The maximum atomic E-state index is 10.4. The molecule has 0 unspecified atom stereocenters. The summed E-state index contributed by atoms with van der Waals surface area (Å²) in [6.45, 7) is 5.26. The second-order valence-corrected chi connectivity index (χ2v) is 5.09. The fourth-order valence-corrected chi connectivity index (χ4v) is 2.40. The van der Waals surface area contributed by atoms with Crippen molar-refractivity contribution in [1.29, 1.82) is 0 Å². The number of piperazine rings is 1. The number of hydrazine groups is 1. The van der Waals surface area contributed by atoms with E-state index in [1.807, 2.05) is 18.2 Å². The fourth-order valence-electron chi connectivity index (χ4n) is 2.21. The lowest BCUT2D eigenvalue weighted by atomic mass is 10.2. The first kappa shape index (κ1) is 17.0. The first-order valence-corrected chi connectivity index (χ1v) is 6.76. The van der Waals surface area contributed by atoms with E-state index >= 15 is 0 Å². The average molecular weight is 319 g/mol. The van der Waals surface area contributed by atoms with Crippen LogP contribution in [0.15, 0.2) is 24.3 Å². The highest BCUT2D eigenvalue weighted by molar-refractivity contribution is 6.30. The van der Waals surface area contributed by atoms with Crippen LogP contribution in [0.2, 0.25) is 5.02 Å². The van der Waals surface area contributed by atoms with Crippen LogP contribution in [-0.4, -0.2) is 55.6 Å². The molecule has 0 atom stereocenters. The van der Waals surface area contributed by atoms with E-state index in [0.717, 1.165) is 37.7 Å². The predicted molar refractivity (Wildman–Crippen MR) is 84.3 cm³/mol. The number of rotatable bonds is 5. The summed E-state index contributed by atoms with van der Waals surface area (Å²) < 4.78 is 0. The van der Waals surface area contributed by atoms with Crippen molar-refractivity contribution in [3.05, 3.63) is 29.3 Å². The summed E-state index contributed by atoms with van der Waals surface area (Å²) in [6.07, 6.45) is 0.655. The smallest absolute Gasteiger partial charge is 0.223 e. The van der Waals surface area contributed by atoms with E-state index < -0.39 is 0 Å². The lowest BCUT2D eigenvalue weighted by Crippen LogP contribution is -2.49. The van der Waals surface area contributed by atoms with Gasteiger partial charge in [0.2, 0.25) is 6.41 Å². The third-order valence-electron chi connectivity index (χ3n) is 3.36. The van der Waals surface area contributed by atoms with Gasteiger partial charge < -0.3 is 4.90 Å². The molecule has 7 heteroatoms. The van der Waals surface area contributed by atoms with E-state index in [2.05, 4.69) is 15.9 Å². The zero-order valence-corrected chi connectivity index (χ0v) is 12.8. The van der Waals surface area contributed by atoms with Gasteiger partial charge in [-0.3, -0.25) is 14.7 Å². The number of hydrogen-bond acceptors (Lipinski definition) is 4. The molecule has 1 fully saturated rings. The lowest BCUT2D eigenvalue weighted by molar-refractivity contribution is -0.118. The van der Waals surface area contributed by atoms with Crippen LogP contribution in [0.4, 0.5) is 5.69 Å². The molecule has 1 aliphatic heterocycles. The van der Waals surface area contributed by atoms with E-state index in [0.29, 0.717) is 13.0 Å². The van der Waals surface area contributed by atoms with Crippen molar-refractivity contribution < 1.29 is 4.79 Å². The quantitative estimate of drug-likeness (QED) is 0.384. The van der Waals surface area contributed by atoms with Crippen LogP contribution < -0.4 is 10.7 Å². The molecule has 112 valence electrons. The summed E-state index contributed by atoms with van der Waals surface area (Å²) in [5, 5.41) is 1.95. The average Bonchev–Trinajstić information content (AvgIpc) is 2.45. The summed E-state index contributed by atoms with van der Waals surface area (Å²) in [4.78, 5) is 15.0. The molecule has 20 heavy (non-hydrogen) atoms. The number of carbonyl (C=O) groups is 1. The van der Waals surface area contributed by atoms with Gasteiger partial charge in [0, 0.05) is 50.0 Å². The summed E-state index contributed by atoms with van der Waals surface area (Å²) >= 11 is 6.00. The number of halogens is 2. The molecule has 0 bridgehead atoms. The third kappa shape index (κ3) is 4.83. The fraction of sp³-hybridized carbons (Fsp3) is 0.462. The molecule has 1 aromatic rings. The number of carbonyl (C=O) groups excluding carboxylic acids is 1. The van der Waals surface area contributed by atoms with Gasteiger partial charge in [-0.25, -0.2) is 5.84 Å².